The average Bonchev–Trinajstić information content (AvgIpc) is 2.95. The molecular weight excluding hydrogens is 535 g/mol. The van der Waals surface area contributed by atoms with Crippen LogP contribution in [0.3, 0.4) is 0 Å². The number of amides is 2. The summed E-state index contributed by atoms with van der Waals surface area (Å²) in [5.74, 6) is -0.928. The summed E-state index contributed by atoms with van der Waals surface area (Å²) < 4.78 is 14.2. The van der Waals surface area contributed by atoms with Crippen molar-refractivity contribution in [3.63, 3.8) is 0 Å². The van der Waals surface area contributed by atoms with Crippen LogP contribution >= 0.6 is 23.4 Å². The number of hydrogen-bond acceptors (Lipinski definition) is 5. The molecule has 1 saturated heterocycles. The molecule has 0 bridgehead atoms. The Hall–Kier alpha value is -3.33. The van der Waals surface area contributed by atoms with Crippen LogP contribution in [0.5, 0.6) is 0 Å². The van der Waals surface area contributed by atoms with Gasteiger partial charge in [0.25, 0.3) is 5.91 Å². The third-order valence-electron chi connectivity index (χ3n) is 6.84. The zero-order valence-corrected chi connectivity index (χ0v) is 23.1. The molecule has 0 aliphatic carbocycles. The molecule has 2 aliphatic rings. The standard InChI is InChI=1S/C30H30ClFN4O2S/c31-23-8-5-9-24(20-23)35-17-15-34(16-18-35)14-6-13-33-29(37)21-36-26-11-3-4-12-27(26)39-28(30(36)38)19-22-7-1-2-10-25(22)32/h1-5,7-12,19-20H,6,13-18,21H2,(H,33,37)/b28-19-. The van der Waals surface area contributed by atoms with E-state index in [2.05, 4.69) is 21.2 Å². The summed E-state index contributed by atoms with van der Waals surface area (Å²) in [6, 6.07) is 21.7. The lowest BCUT2D eigenvalue weighted by Crippen LogP contribution is -2.47. The highest BCUT2D eigenvalue weighted by Crippen LogP contribution is 2.42. The van der Waals surface area contributed by atoms with E-state index in [0.717, 1.165) is 54.8 Å². The summed E-state index contributed by atoms with van der Waals surface area (Å²) in [4.78, 5) is 33.6. The number of nitrogens with one attached hydrogen (secondary N) is 1. The Balaban J connectivity index is 1.12. The maximum absolute atomic E-state index is 14.2. The fourth-order valence-electron chi connectivity index (χ4n) is 4.79. The number of nitrogens with zero attached hydrogens (tertiary/aromatic N) is 3. The number of benzene rings is 3. The van der Waals surface area contributed by atoms with Crippen molar-refractivity contribution >= 4 is 52.6 Å². The third-order valence-corrected chi connectivity index (χ3v) is 8.16. The first-order valence-corrected chi connectivity index (χ1v) is 14.2. The first-order valence-electron chi connectivity index (χ1n) is 13.0. The Morgan fingerprint density at radius 1 is 1.00 bits per heavy atom. The minimum absolute atomic E-state index is 0.0939. The Labute approximate surface area is 237 Å². The predicted molar refractivity (Wildman–Crippen MR) is 157 cm³/mol. The van der Waals surface area contributed by atoms with Crippen molar-refractivity contribution in [2.45, 2.75) is 11.3 Å². The van der Waals surface area contributed by atoms with Gasteiger partial charge in [-0.05, 0) is 55.4 Å². The molecule has 6 nitrogen and oxygen atoms in total. The summed E-state index contributed by atoms with van der Waals surface area (Å²) in [5.41, 5.74) is 2.17. The number of halogens is 2. The van der Waals surface area contributed by atoms with Gasteiger partial charge in [-0.3, -0.25) is 19.4 Å². The summed E-state index contributed by atoms with van der Waals surface area (Å²) >= 11 is 7.42. The maximum atomic E-state index is 14.2. The zero-order chi connectivity index (χ0) is 27.2. The van der Waals surface area contributed by atoms with E-state index < -0.39 is 5.82 Å². The lowest BCUT2D eigenvalue weighted by Gasteiger charge is -2.36. The van der Waals surface area contributed by atoms with Gasteiger partial charge in [0, 0.05) is 53.9 Å². The molecule has 1 N–H and O–H groups in total. The van der Waals surface area contributed by atoms with Gasteiger partial charge in [0.05, 0.1) is 10.6 Å². The molecule has 9 heteroatoms. The Morgan fingerprint density at radius 2 is 1.77 bits per heavy atom. The second kappa shape index (κ2) is 12.7. The fraction of sp³-hybridized carbons (Fsp3) is 0.267. The smallest absolute Gasteiger partial charge is 0.265 e. The van der Waals surface area contributed by atoms with Crippen molar-refractivity contribution in [3.8, 4) is 0 Å². The minimum Gasteiger partial charge on any atom is -0.369 e. The van der Waals surface area contributed by atoms with Crippen LogP contribution in [-0.4, -0.2) is 62.5 Å². The van der Waals surface area contributed by atoms with Crippen LogP contribution in [0.25, 0.3) is 6.08 Å². The van der Waals surface area contributed by atoms with Gasteiger partial charge in [0.1, 0.15) is 12.4 Å². The Bertz CT molecular complexity index is 1380. The number of thioether (sulfide) groups is 1. The molecule has 2 aliphatic heterocycles. The first kappa shape index (κ1) is 27.2. The molecule has 0 atom stereocenters. The summed E-state index contributed by atoms with van der Waals surface area (Å²) in [7, 11) is 0. The Morgan fingerprint density at radius 3 is 2.56 bits per heavy atom. The Kier molecular flexibility index (Phi) is 8.86. The van der Waals surface area contributed by atoms with Crippen LogP contribution in [0, 0.1) is 5.82 Å². The molecule has 0 spiro atoms. The van der Waals surface area contributed by atoms with E-state index in [0.29, 0.717) is 22.7 Å². The monoisotopic (exact) mass is 564 g/mol. The van der Waals surface area contributed by atoms with Crippen molar-refractivity contribution in [3.05, 3.63) is 94.1 Å². The van der Waals surface area contributed by atoms with Crippen molar-refractivity contribution in [1.29, 1.82) is 0 Å². The molecule has 0 unspecified atom stereocenters. The highest BCUT2D eigenvalue weighted by atomic mass is 35.5. The van der Waals surface area contributed by atoms with Crippen molar-refractivity contribution in [1.82, 2.24) is 10.2 Å². The molecule has 0 aromatic heterocycles. The van der Waals surface area contributed by atoms with Crippen LogP contribution in [0.2, 0.25) is 5.02 Å². The molecule has 1 fully saturated rings. The van der Waals surface area contributed by atoms with Gasteiger partial charge in [-0.1, -0.05) is 59.8 Å². The number of anilines is 2. The highest BCUT2D eigenvalue weighted by Gasteiger charge is 2.30. The molecular formula is C30H30ClFN4O2S. The number of para-hydroxylation sites is 1. The van der Waals surface area contributed by atoms with Crippen molar-refractivity contribution < 1.29 is 14.0 Å². The number of fused-ring (bicyclic) bond motifs is 1. The summed E-state index contributed by atoms with van der Waals surface area (Å²) in [6.07, 6.45) is 2.37. The minimum atomic E-state index is -0.396. The number of rotatable bonds is 8. The fourth-order valence-corrected chi connectivity index (χ4v) is 6.02. The molecule has 3 aromatic rings. The lowest BCUT2D eigenvalue weighted by molar-refractivity contribution is -0.122. The van der Waals surface area contributed by atoms with Gasteiger partial charge < -0.3 is 10.2 Å². The third kappa shape index (κ3) is 6.82. The second-order valence-electron chi connectivity index (χ2n) is 9.50. The molecule has 5 rings (SSSR count). The van der Waals surface area contributed by atoms with E-state index in [-0.39, 0.29) is 18.4 Å². The van der Waals surface area contributed by atoms with Gasteiger partial charge in [-0.2, -0.15) is 0 Å². The van der Waals surface area contributed by atoms with Gasteiger partial charge in [0.15, 0.2) is 0 Å². The molecule has 202 valence electrons. The quantitative estimate of drug-likeness (QED) is 0.298. The number of piperazine rings is 1. The highest BCUT2D eigenvalue weighted by molar-refractivity contribution is 8.04. The molecule has 2 amide bonds. The van der Waals surface area contributed by atoms with E-state index in [4.69, 9.17) is 11.6 Å². The topological polar surface area (TPSA) is 55.9 Å². The number of hydrogen-bond donors (Lipinski definition) is 1. The second-order valence-corrected chi connectivity index (χ2v) is 11.0. The van der Waals surface area contributed by atoms with Crippen LogP contribution < -0.4 is 15.1 Å². The van der Waals surface area contributed by atoms with E-state index in [1.54, 1.807) is 24.3 Å². The number of carbonyl (C=O) groups excluding carboxylic acids is 2. The predicted octanol–water partition coefficient (Wildman–Crippen LogP) is 5.29. The van der Waals surface area contributed by atoms with Crippen LogP contribution in [0.1, 0.15) is 12.0 Å². The molecule has 39 heavy (non-hydrogen) atoms. The molecule has 0 saturated carbocycles. The van der Waals surface area contributed by atoms with E-state index in [9.17, 15) is 14.0 Å². The van der Waals surface area contributed by atoms with Gasteiger partial charge in [0.2, 0.25) is 5.91 Å². The van der Waals surface area contributed by atoms with E-state index in [1.807, 2.05) is 42.5 Å². The van der Waals surface area contributed by atoms with E-state index in [1.165, 1.54) is 22.7 Å². The normalized spacial score (nSPS) is 16.9. The average molecular weight is 565 g/mol. The van der Waals surface area contributed by atoms with Crippen LogP contribution in [-0.2, 0) is 9.59 Å². The first-order chi connectivity index (χ1) is 19.0. The number of carbonyl (C=O) groups is 2. The van der Waals surface area contributed by atoms with Crippen molar-refractivity contribution in [2.75, 3.05) is 55.6 Å². The van der Waals surface area contributed by atoms with Gasteiger partial charge >= 0.3 is 0 Å². The SMILES string of the molecule is O=C(CN1C(=O)/C(=C/c2ccccc2F)Sc2ccccc21)NCCCN1CCN(c2cccc(Cl)c2)CC1. The lowest BCUT2D eigenvalue weighted by atomic mass is 10.2. The largest absolute Gasteiger partial charge is 0.369 e. The van der Waals surface area contributed by atoms with Gasteiger partial charge in [-0.15, -0.1) is 0 Å². The van der Waals surface area contributed by atoms with Crippen LogP contribution in [0.4, 0.5) is 15.8 Å². The summed E-state index contributed by atoms with van der Waals surface area (Å²) in [5, 5.41) is 3.71. The van der Waals surface area contributed by atoms with Crippen molar-refractivity contribution in [2.24, 2.45) is 0 Å². The molecule has 0 radical (unpaired) electrons. The zero-order valence-electron chi connectivity index (χ0n) is 21.5. The van der Waals surface area contributed by atoms with E-state index >= 15 is 0 Å². The maximum Gasteiger partial charge on any atom is 0.265 e. The molecule has 3 aromatic carbocycles. The molecule has 2 heterocycles. The van der Waals surface area contributed by atoms with Gasteiger partial charge in [-0.25, -0.2) is 4.39 Å². The van der Waals surface area contributed by atoms with Crippen LogP contribution in [0.15, 0.2) is 82.6 Å². The summed E-state index contributed by atoms with van der Waals surface area (Å²) in [6.45, 7) is 5.10.